The Labute approximate surface area is 479 Å². The first-order valence-corrected chi connectivity index (χ1v) is 29.8. The van der Waals surface area contributed by atoms with Crippen LogP contribution in [-0.4, -0.2) is 203 Å². The van der Waals surface area contributed by atoms with Crippen molar-refractivity contribution in [3.8, 4) is 0 Å². The molecule has 456 valence electrons. The minimum Gasteiger partial charge on any atom is -0.460 e. The number of nitrogens with zero attached hydrogens (tertiary/aromatic N) is 2. The molecule has 20 heteroatoms. The Morgan fingerprint density at radius 2 is 1.57 bits per heavy atom. The van der Waals surface area contributed by atoms with Gasteiger partial charge in [0.25, 0.3) is 11.7 Å². The lowest BCUT2D eigenvalue weighted by Gasteiger charge is -2.42. The number of ether oxygens (including phenoxy) is 9. The molecule has 5 fully saturated rings. The third kappa shape index (κ3) is 19.4. The van der Waals surface area contributed by atoms with E-state index in [1.165, 1.54) is 12.0 Å². The SMILES string of the molecule is CO[C@@H]1C[C@H](CC[C@@H]2CC(=O)[C@H](C)/C=C(\C)[C@@H](O)[C@@H](OC)C(=O)[C@H](C)C[C@H](C)/C=C/C=C/C=C(\C)[C@@H](OCCOC3COC3)C[C@@H]3CC[C@@H](C)[C@@](O)(O3)C(=O)C(=O)N3CCCC[C@H]3C(=O)O2)CC[C@H]1OC(=O)NCCN1CCOCC1. The van der Waals surface area contributed by atoms with E-state index < -0.39 is 96.1 Å². The molecule has 0 aromatic heterocycles. The average Bonchev–Trinajstić information content (AvgIpc) is 3.54. The third-order valence-corrected chi connectivity index (χ3v) is 17.2. The van der Waals surface area contributed by atoms with Gasteiger partial charge in [-0.1, -0.05) is 64.2 Å². The van der Waals surface area contributed by atoms with Crippen LogP contribution in [0.3, 0.4) is 0 Å². The number of alkyl carbamates (subject to hydrolysis) is 1. The molecule has 6 aliphatic rings. The van der Waals surface area contributed by atoms with Crippen LogP contribution in [0.4, 0.5) is 4.79 Å². The van der Waals surface area contributed by atoms with E-state index in [0.717, 1.165) is 18.7 Å². The fourth-order valence-electron chi connectivity index (χ4n) is 11.9. The molecule has 0 spiro atoms. The van der Waals surface area contributed by atoms with Gasteiger partial charge in [0.15, 0.2) is 5.78 Å². The summed E-state index contributed by atoms with van der Waals surface area (Å²) in [6, 6.07) is -1.18. The van der Waals surface area contributed by atoms with Crippen LogP contribution in [0.1, 0.15) is 125 Å². The number of morpholine rings is 1. The molecule has 0 unspecified atom stereocenters. The van der Waals surface area contributed by atoms with Crippen LogP contribution in [0.25, 0.3) is 0 Å². The van der Waals surface area contributed by atoms with Gasteiger partial charge in [-0.05, 0) is 107 Å². The number of aliphatic hydroxyl groups excluding tert-OH is 1. The number of rotatable bonds is 14. The number of ketones is 3. The first-order valence-electron chi connectivity index (χ1n) is 29.8. The van der Waals surface area contributed by atoms with Gasteiger partial charge in [0.1, 0.15) is 42.3 Å². The molecular formula is C61H95N3O17. The average molecular weight is 1140 g/mol. The lowest BCUT2D eigenvalue weighted by Crippen LogP contribution is -2.60. The van der Waals surface area contributed by atoms with Gasteiger partial charge in [0, 0.05) is 77.5 Å². The van der Waals surface area contributed by atoms with Gasteiger partial charge < -0.3 is 63.1 Å². The Balaban J connectivity index is 1.22. The standard InChI is InChI=1S/C61H95N3O17/c1-39-14-10-9-11-15-40(2)52(78-31-30-77-48-37-76-38-48)36-47-20-17-44(6)61(72,81-47)57(68)58(69)64-24-13-12-16-49(64)59(70)79-46(35-50(65)41(3)33-43(5)55(67)56(74-8)54(66)42(4)32-39)21-18-45-19-22-51(53(34-45)73-7)80-60(71)62-23-25-63-26-28-75-29-27-63/h9-11,14-15,33,39,41-42,44-49,51-53,55-56,67,72H,12-13,16-32,34-38H2,1-8H3,(H,62,71)/b11-9+,14-10+,40-15+,43-33+/t39-,41-,42-,44-,45-,46-,47+,49+,51-,52+,53-,55-,56+,61-/m1/s1. The van der Waals surface area contributed by atoms with Gasteiger partial charge in [-0.25, -0.2) is 9.59 Å². The van der Waals surface area contributed by atoms with Gasteiger partial charge in [0.05, 0.1) is 58.0 Å². The number of Topliss-reactive ketones (excluding diaryl/α,β-unsaturated/α-hetero) is 3. The molecule has 2 bridgehead atoms. The quantitative estimate of drug-likeness (QED) is 0.0807. The molecule has 5 aliphatic heterocycles. The summed E-state index contributed by atoms with van der Waals surface area (Å²) in [5.74, 6) is -8.01. The zero-order chi connectivity index (χ0) is 58.6. The maximum atomic E-state index is 14.6. The van der Waals surface area contributed by atoms with Gasteiger partial charge in [-0.15, -0.1) is 0 Å². The maximum absolute atomic E-state index is 14.6. The number of nitrogens with one attached hydrogen (secondary N) is 1. The number of hydrogen-bond acceptors (Lipinski definition) is 18. The van der Waals surface area contributed by atoms with E-state index in [2.05, 4.69) is 10.2 Å². The molecule has 0 aromatic carbocycles. The number of cyclic esters (lactones) is 1. The summed E-state index contributed by atoms with van der Waals surface area (Å²) in [6.45, 7) is 16.5. The van der Waals surface area contributed by atoms with Gasteiger partial charge >= 0.3 is 12.1 Å². The number of piperidine rings is 1. The molecule has 20 nitrogen and oxygen atoms in total. The van der Waals surface area contributed by atoms with Crippen molar-refractivity contribution in [3.05, 3.63) is 47.6 Å². The molecule has 6 rings (SSSR count). The topological polar surface area (TPSA) is 244 Å². The highest BCUT2D eigenvalue weighted by molar-refractivity contribution is 6.39. The van der Waals surface area contributed by atoms with Crippen LogP contribution in [-0.2, 0) is 66.6 Å². The largest absolute Gasteiger partial charge is 0.460 e. The van der Waals surface area contributed by atoms with Crippen LogP contribution in [0, 0.1) is 29.6 Å². The number of carbonyl (C=O) groups is 6. The maximum Gasteiger partial charge on any atom is 0.407 e. The van der Waals surface area contributed by atoms with Crippen LogP contribution >= 0.6 is 0 Å². The summed E-state index contributed by atoms with van der Waals surface area (Å²) in [5.41, 5.74) is 1.22. The van der Waals surface area contributed by atoms with Crippen molar-refractivity contribution in [2.75, 3.05) is 86.6 Å². The minimum absolute atomic E-state index is 0.00972. The van der Waals surface area contributed by atoms with Crippen molar-refractivity contribution < 1.29 is 81.6 Å². The van der Waals surface area contributed by atoms with E-state index in [0.29, 0.717) is 109 Å². The Morgan fingerprint density at radius 1 is 0.815 bits per heavy atom. The molecule has 4 saturated heterocycles. The molecule has 1 aliphatic carbocycles. The molecule has 5 heterocycles. The number of allylic oxidation sites excluding steroid dienone is 6. The molecule has 81 heavy (non-hydrogen) atoms. The van der Waals surface area contributed by atoms with E-state index in [4.69, 9.17) is 42.6 Å². The fourth-order valence-corrected chi connectivity index (χ4v) is 11.9. The van der Waals surface area contributed by atoms with Crippen molar-refractivity contribution in [3.63, 3.8) is 0 Å². The first-order chi connectivity index (χ1) is 38.8. The summed E-state index contributed by atoms with van der Waals surface area (Å²) in [6.07, 6.45) is 10.3. The second kappa shape index (κ2) is 32.7. The molecule has 3 N–H and O–H groups in total. The van der Waals surface area contributed by atoms with Crippen LogP contribution in [0.5, 0.6) is 0 Å². The predicted octanol–water partition coefficient (Wildman–Crippen LogP) is 5.79. The second-order valence-electron chi connectivity index (χ2n) is 23.5. The van der Waals surface area contributed by atoms with Crippen LogP contribution < -0.4 is 5.32 Å². The van der Waals surface area contributed by atoms with E-state index >= 15 is 0 Å². The lowest BCUT2D eigenvalue weighted by molar-refractivity contribution is -0.266. The number of hydrogen-bond donors (Lipinski definition) is 3. The molecule has 0 aromatic rings. The lowest BCUT2D eigenvalue weighted by atomic mass is 9.81. The van der Waals surface area contributed by atoms with Gasteiger partial charge in [0.2, 0.25) is 5.79 Å². The number of aliphatic hydroxyl groups is 2. The van der Waals surface area contributed by atoms with Crippen molar-refractivity contribution in [1.29, 1.82) is 0 Å². The van der Waals surface area contributed by atoms with Crippen LogP contribution in [0.2, 0.25) is 0 Å². The van der Waals surface area contributed by atoms with Crippen molar-refractivity contribution in [1.82, 2.24) is 15.1 Å². The number of fused-ring (bicyclic) bond motifs is 3. The first kappa shape index (κ1) is 65.9. The predicted molar refractivity (Wildman–Crippen MR) is 300 cm³/mol. The zero-order valence-corrected chi connectivity index (χ0v) is 49.4. The summed E-state index contributed by atoms with van der Waals surface area (Å²) < 4.78 is 52.8. The van der Waals surface area contributed by atoms with Crippen LogP contribution in [0.15, 0.2) is 47.6 Å². The smallest absolute Gasteiger partial charge is 0.407 e. The highest BCUT2D eigenvalue weighted by Crippen LogP contribution is 2.38. The highest BCUT2D eigenvalue weighted by atomic mass is 16.6. The minimum atomic E-state index is -2.49. The molecular weight excluding hydrogens is 1050 g/mol. The number of methoxy groups -OCH3 is 2. The Hall–Kier alpha value is -4.22. The normalized spacial score (nSPS) is 36.7. The number of esters is 1. The second-order valence-corrected chi connectivity index (χ2v) is 23.5. The Kier molecular flexibility index (Phi) is 26.6. The van der Waals surface area contributed by atoms with Gasteiger partial charge in [-0.3, -0.25) is 24.1 Å². The highest BCUT2D eigenvalue weighted by Gasteiger charge is 2.53. The van der Waals surface area contributed by atoms with E-state index in [-0.39, 0.29) is 68.3 Å². The summed E-state index contributed by atoms with van der Waals surface area (Å²) in [4.78, 5) is 88.0. The summed E-state index contributed by atoms with van der Waals surface area (Å²) in [5, 5.41) is 26.6. The number of amides is 2. The van der Waals surface area contributed by atoms with E-state index in [1.807, 2.05) is 51.2 Å². The molecule has 14 atom stereocenters. The summed E-state index contributed by atoms with van der Waals surface area (Å²) >= 11 is 0. The van der Waals surface area contributed by atoms with E-state index in [9.17, 15) is 39.0 Å². The summed E-state index contributed by atoms with van der Waals surface area (Å²) in [7, 11) is 2.95. The van der Waals surface area contributed by atoms with Crippen molar-refractivity contribution >= 4 is 35.3 Å². The van der Waals surface area contributed by atoms with Crippen molar-refractivity contribution in [2.24, 2.45) is 29.6 Å². The third-order valence-electron chi connectivity index (χ3n) is 17.2. The van der Waals surface area contributed by atoms with E-state index in [1.54, 1.807) is 34.0 Å². The number of carbonyl (C=O) groups excluding carboxylic acids is 6. The fraction of sp³-hybridized carbons (Fsp3) is 0.770. The zero-order valence-electron chi connectivity index (χ0n) is 49.4. The molecule has 0 radical (unpaired) electrons. The Morgan fingerprint density at radius 3 is 2.28 bits per heavy atom. The molecule has 1 saturated carbocycles. The Bertz CT molecular complexity index is 2190. The molecule has 2 amide bonds. The monoisotopic (exact) mass is 1140 g/mol. The van der Waals surface area contributed by atoms with Crippen molar-refractivity contribution in [2.45, 2.75) is 186 Å². The van der Waals surface area contributed by atoms with Gasteiger partial charge in [-0.2, -0.15) is 0 Å².